The summed E-state index contributed by atoms with van der Waals surface area (Å²) in [6.45, 7) is 0. The summed E-state index contributed by atoms with van der Waals surface area (Å²) in [7, 11) is 5.40. The summed E-state index contributed by atoms with van der Waals surface area (Å²) in [4.78, 5) is 18.5. The van der Waals surface area contributed by atoms with E-state index in [1.807, 2.05) is 37.2 Å². The highest BCUT2D eigenvalue weighted by molar-refractivity contribution is 6.09. The predicted octanol–water partition coefficient (Wildman–Crippen LogP) is 2.39. The van der Waals surface area contributed by atoms with Gasteiger partial charge < -0.3 is 9.64 Å². The second-order valence-electron chi connectivity index (χ2n) is 4.33. The van der Waals surface area contributed by atoms with E-state index in [2.05, 4.69) is 4.98 Å². The van der Waals surface area contributed by atoms with Gasteiger partial charge in [-0.3, -0.25) is 4.79 Å². The van der Waals surface area contributed by atoms with Crippen molar-refractivity contribution in [2.24, 2.45) is 0 Å². The first kappa shape index (κ1) is 13.1. The van der Waals surface area contributed by atoms with Crippen molar-refractivity contribution >= 4 is 11.5 Å². The molecule has 0 unspecified atom stereocenters. The highest BCUT2D eigenvalue weighted by atomic mass is 16.5. The molecule has 0 bridgehead atoms. The van der Waals surface area contributed by atoms with Crippen LogP contribution < -0.4 is 9.64 Å². The summed E-state index contributed by atoms with van der Waals surface area (Å²) in [5.41, 5.74) is 1.91. The van der Waals surface area contributed by atoms with Gasteiger partial charge in [0.1, 0.15) is 5.75 Å². The van der Waals surface area contributed by atoms with Crippen LogP contribution in [0, 0.1) is 0 Å². The van der Waals surface area contributed by atoms with Gasteiger partial charge in [-0.05, 0) is 24.3 Å². The molecule has 0 radical (unpaired) electrons. The van der Waals surface area contributed by atoms with E-state index in [0.29, 0.717) is 17.0 Å². The Hall–Kier alpha value is -2.36. The molecule has 19 heavy (non-hydrogen) atoms. The molecule has 0 saturated heterocycles. The zero-order valence-corrected chi connectivity index (χ0v) is 11.3. The average Bonchev–Trinajstić information content (AvgIpc) is 2.46. The molecule has 4 heteroatoms. The van der Waals surface area contributed by atoms with Crippen molar-refractivity contribution in [2.45, 2.75) is 0 Å². The van der Waals surface area contributed by atoms with E-state index < -0.39 is 0 Å². The number of methoxy groups -OCH3 is 1. The lowest BCUT2D eigenvalue weighted by molar-refractivity contribution is 0.103. The average molecular weight is 256 g/mol. The number of aromatic nitrogens is 1. The lowest BCUT2D eigenvalue weighted by Crippen LogP contribution is -2.11. The van der Waals surface area contributed by atoms with E-state index >= 15 is 0 Å². The SMILES string of the molecule is COc1cccnc1C(=O)c1cccc(N(C)C)c1. The molecule has 0 spiro atoms. The zero-order valence-electron chi connectivity index (χ0n) is 11.3. The summed E-state index contributed by atoms with van der Waals surface area (Å²) >= 11 is 0. The molecule has 2 rings (SSSR count). The van der Waals surface area contributed by atoms with E-state index in [1.54, 1.807) is 24.4 Å². The topological polar surface area (TPSA) is 42.4 Å². The van der Waals surface area contributed by atoms with E-state index in [0.717, 1.165) is 5.69 Å². The molecule has 98 valence electrons. The van der Waals surface area contributed by atoms with Crippen LogP contribution in [0.1, 0.15) is 16.1 Å². The number of carbonyl (C=O) groups is 1. The van der Waals surface area contributed by atoms with Crippen molar-refractivity contribution in [3.05, 3.63) is 53.9 Å². The Morgan fingerprint density at radius 1 is 1.21 bits per heavy atom. The number of pyridine rings is 1. The number of rotatable bonds is 4. The first-order valence-corrected chi connectivity index (χ1v) is 5.94. The molecule has 0 aliphatic heterocycles. The number of nitrogens with zero attached hydrogens (tertiary/aromatic N) is 2. The molecular weight excluding hydrogens is 240 g/mol. The summed E-state index contributed by atoms with van der Waals surface area (Å²) in [6.07, 6.45) is 1.59. The monoisotopic (exact) mass is 256 g/mol. The Morgan fingerprint density at radius 3 is 2.68 bits per heavy atom. The van der Waals surface area contributed by atoms with Crippen molar-refractivity contribution < 1.29 is 9.53 Å². The summed E-state index contributed by atoms with van der Waals surface area (Å²) in [5, 5.41) is 0. The first-order valence-electron chi connectivity index (χ1n) is 5.94. The number of ether oxygens (including phenoxy) is 1. The lowest BCUT2D eigenvalue weighted by atomic mass is 10.1. The Balaban J connectivity index is 2.41. The second kappa shape index (κ2) is 5.52. The zero-order chi connectivity index (χ0) is 13.8. The minimum Gasteiger partial charge on any atom is -0.494 e. The largest absolute Gasteiger partial charge is 0.494 e. The van der Waals surface area contributed by atoms with Gasteiger partial charge in [-0.25, -0.2) is 4.98 Å². The van der Waals surface area contributed by atoms with Gasteiger partial charge >= 0.3 is 0 Å². The van der Waals surface area contributed by atoms with Crippen LogP contribution >= 0.6 is 0 Å². The Labute approximate surface area is 112 Å². The normalized spacial score (nSPS) is 10.1. The quantitative estimate of drug-likeness (QED) is 0.788. The minimum atomic E-state index is -0.138. The maximum atomic E-state index is 12.4. The molecule has 0 saturated carbocycles. The van der Waals surface area contributed by atoms with Crippen LogP contribution in [0.5, 0.6) is 5.75 Å². The summed E-state index contributed by atoms with van der Waals surface area (Å²) in [5.74, 6) is 0.351. The summed E-state index contributed by atoms with van der Waals surface area (Å²) in [6, 6.07) is 10.9. The molecule has 0 atom stereocenters. The molecule has 1 aromatic carbocycles. The first-order chi connectivity index (χ1) is 9.13. The summed E-state index contributed by atoms with van der Waals surface area (Å²) < 4.78 is 5.17. The van der Waals surface area contributed by atoms with Crippen LogP contribution in [0.25, 0.3) is 0 Å². The molecule has 0 N–H and O–H groups in total. The second-order valence-corrected chi connectivity index (χ2v) is 4.33. The standard InChI is InChI=1S/C15H16N2O2/c1-17(2)12-7-4-6-11(10-12)15(18)14-13(19-3)8-5-9-16-14/h4-10H,1-3H3. The van der Waals surface area contributed by atoms with Gasteiger partial charge in [-0.15, -0.1) is 0 Å². The maximum Gasteiger partial charge on any atom is 0.215 e. The molecule has 4 nitrogen and oxygen atoms in total. The lowest BCUT2D eigenvalue weighted by Gasteiger charge is -2.13. The molecule has 1 aromatic heterocycles. The van der Waals surface area contributed by atoms with E-state index in [1.165, 1.54) is 7.11 Å². The van der Waals surface area contributed by atoms with Gasteiger partial charge in [-0.2, -0.15) is 0 Å². The van der Waals surface area contributed by atoms with Crippen molar-refractivity contribution in [2.75, 3.05) is 26.1 Å². The van der Waals surface area contributed by atoms with Gasteiger partial charge in [0, 0.05) is 31.5 Å². The minimum absolute atomic E-state index is 0.138. The fourth-order valence-electron chi connectivity index (χ4n) is 1.79. The molecule has 0 aliphatic rings. The Bertz CT molecular complexity index is 594. The smallest absolute Gasteiger partial charge is 0.215 e. The molecular formula is C15H16N2O2. The van der Waals surface area contributed by atoms with Crippen molar-refractivity contribution in [3.8, 4) is 5.75 Å². The van der Waals surface area contributed by atoms with Gasteiger partial charge in [0.2, 0.25) is 5.78 Å². The Morgan fingerprint density at radius 2 is 2.00 bits per heavy atom. The van der Waals surface area contributed by atoms with E-state index in [-0.39, 0.29) is 5.78 Å². The van der Waals surface area contributed by atoms with Crippen LogP contribution in [-0.4, -0.2) is 32.0 Å². The molecule has 0 aliphatic carbocycles. The third-order valence-corrected chi connectivity index (χ3v) is 2.83. The van der Waals surface area contributed by atoms with Crippen LogP contribution in [-0.2, 0) is 0 Å². The highest BCUT2D eigenvalue weighted by Crippen LogP contribution is 2.21. The fourth-order valence-corrected chi connectivity index (χ4v) is 1.79. The Kier molecular flexibility index (Phi) is 3.80. The van der Waals surface area contributed by atoms with Gasteiger partial charge in [-0.1, -0.05) is 12.1 Å². The number of benzene rings is 1. The van der Waals surface area contributed by atoms with Crippen LogP contribution in [0.3, 0.4) is 0 Å². The van der Waals surface area contributed by atoms with Crippen molar-refractivity contribution in [1.29, 1.82) is 0 Å². The number of hydrogen-bond donors (Lipinski definition) is 0. The molecule has 0 fully saturated rings. The third-order valence-electron chi connectivity index (χ3n) is 2.83. The maximum absolute atomic E-state index is 12.4. The van der Waals surface area contributed by atoms with Gasteiger partial charge in [0.25, 0.3) is 0 Å². The van der Waals surface area contributed by atoms with Crippen LogP contribution in [0.2, 0.25) is 0 Å². The van der Waals surface area contributed by atoms with Gasteiger partial charge in [0.15, 0.2) is 5.69 Å². The highest BCUT2D eigenvalue weighted by Gasteiger charge is 2.16. The van der Waals surface area contributed by atoms with Crippen molar-refractivity contribution in [1.82, 2.24) is 4.98 Å². The molecule has 1 heterocycles. The number of carbonyl (C=O) groups excluding carboxylic acids is 1. The molecule has 0 amide bonds. The van der Waals surface area contributed by atoms with Gasteiger partial charge in [0.05, 0.1) is 7.11 Å². The van der Waals surface area contributed by atoms with E-state index in [9.17, 15) is 4.79 Å². The fraction of sp³-hybridized carbons (Fsp3) is 0.200. The third kappa shape index (κ3) is 2.73. The number of ketones is 1. The van der Waals surface area contributed by atoms with Crippen molar-refractivity contribution in [3.63, 3.8) is 0 Å². The van der Waals surface area contributed by atoms with Crippen LogP contribution in [0.4, 0.5) is 5.69 Å². The predicted molar refractivity (Wildman–Crippen MR) is 75.0 cm³/mol. The number of anilines is 1. The van der Waals surface area contributed by atoms with E-state index in [4.69, 9.17) is 4.74 Å². The molecule has 2 aromatic rings. The van der Waals surface area contributed by atoms with Crippen LogP contribution in [0.15, 0.2) is 42.6 Å². The number of hydrogen-bond acceptors (Lipinski definition) is 4.